The second-order valence-electron chi connectivity index (χ2n) is 3.90. The molecule has 0 aliphatic rings. The molecule has 0 fully saturated rings. The lowest BCUT2D eigenvalue weighted by Gasteiger charge is -2.08. The van der Waals surface area contributed by atoms with Crippen LogP contribution in [0.1, 0.15) is 26.3 Å². The van der Waals surface area contributed by atoms with E-state index in [1.54, 1.807) is 48.5 Å². The molecule has 1 amide bonds. The monoisotopic (exact) mass is 255 g/mol. The van der Waals surface area contributed by atoms with Gasteiger partial charge in [0.1, 0.15) is 6.73 Å². The molecule has 0 aliphatic heterocycles. The van der Waals surface area contributed by atoms with Crippen molar-refractivity contribution in [3.63, 3.8) is 0 Å². The largest absolute Gasteiger partial charge is 0.376 e. The van der Waals surface area contributed by atoms with Crippen molar-refractivity contribution in [1.82, 2.24) is 5.32 Å². The van der Waals surface area contributed by atoms with Gasteiger partial charge in [-0.25, -0.2) is 0 Å². The number of aliphatic hydroxyl groups is 1. The van der Waals surface area contributed by atoms with Crippen molar-refractivity contribution in [2.75, 3.05) is 6.73 Å². The number of aliphatic hydroxyl groups excluding tert-OH is 1. The molecular formula is C15H13NO3. The van der Waals surface area contributed by atoms with Crippen LogP contribution in [0.2, 0.25) is 0 Å². The van der Waals surface area contributed by atoms with Crippen molar-refractivity contribution in [1.29, 1.82) is 0 Å². The first-order valence-electron chi connectivity index (χ1n) is 5.82. The topological polar surface area (TPSA) is 66.4 Å². The van der Waals surface area contributed by atoms with E-state index in [0.29, 0.717) is 11.1 Å². The highest BCUT2D eigenvalue weighted by Gasteiger charge is 2.17. The van der Waals surface area contributed by atoms with Gasteiger partial charge in [0.2, 0.25) is 0 Å². The van der Waals surface area contributed by atoms with Crippen molar-refractivity contribution < 1.29 is 14.7 Å². The number of rotatable bonds is 4. The van der Waals surface area contributed by atoms with Gasteiger partial charge in [0.25, 0.3) is 5.91 Å². The average molecular weight is 255 g/mol. The predicted octanol–water partition coefficient (Wildman–Crippen LogP) is 1.60. The molecule has 0 spiro atoms. The van der Waals surface area contributed by atoms with E-state index in [9.17, 15) is 9.59 Å². The first-order chi connectivity index (χ1) is 9.24. The van der Waals surface area contributed by atoms with E-state index in [2.05, 4.69) is 5.32 Å². The number of benzene rings is 2. The first kappa shape index (κ1) is 13.0. The van der Waals surface area contributed by atoms with Gasteiger partial charge in [-0.15, -0.1) is 0 Å². The molecule has 2 rings (SSSR count). The third-order valence-corrected chi connectivity index (χ3v) is 2.69. The van der Waals surface area contributed by atoms with Crippen molar-refractivity contribution in [2.45, 2.75) is 0 Å². The Labute approximate surface area is 110 Å². The van der Waals surface area contributed by atoms with Crippen LogP contribution in [0.5, 0.6) is 0 Å². The highest BCUT2D eigenvalue weighted by Crippen LogP contribution is 2.14. The summed E-state index contributed by atoms with van der Waals surface area (Å²) in [4.78, 5) is 24.1. The highest BCUT2D eigenvalue weighted by molar-refractivity contribution is 6.15. The van der Waals surface area contributed by atoms with Crippen LogP contribution in [0.25, 0.3) is 0 Å². The molecule has 0 aromatic heterocycles. The van der Waals surface area contributed by atoms with Crippen LogP contribution in [0, 0.1) is 0 Å². The number of hydrogen-bond donors (Lipinski definition) is 2. The minimum atomic E-state index is -0.470. The molecule has 2 N–H and O–H groups in total. The summed E-state index contributed by atoms with van der Waals surface area (Å²) in [5.41, 5.74) is 1.09. The second-order valence-corrected chi connectivity index (χ2v) is 3.90. The van der Waals surface area contributed by atoms with Crippen LogP contribution in [-0.2, 0) is 0 Å². The number of carbonyl (C=O) groups is 2. The van der Waals surface area contributed by atoms with Crippen molar-refractivity contribution in [3.8, 4) is 0 Å². The number of carbonyl (C=O) groups excluding carboxylic acids is 2. The van der Waals surface area contributed by atoms with Crippen LogP contribution in [0.15, 0.2) is 54.6 Å². The third-order valence-electron chi connectivity index (χ3n) is 2.69. The highest BCUT2D eigenvalue weighted by atomic mass is 16.3. The van der Waals surface area contributed by atoms with E-state index in [1.165, 1.54) is 0 Å². The molecule has 0 atom stereocenters. The maximum absolute atomic E-state index is 12.3. The van der Waals surface area contributed by atoms with Gasteiger partial charge in [-0.3, -0.25) is 9.59 Å². The molecule has 4 heteroatoms. The molecule has 0 bridgehead atoms. The summed E-state index contributed by atoms with van der Waals surface area (Å²) in [7, 11) is 0. The lowest BCUT2D eigenvalue weighted by molar-refractivity contribution is 0.0901. The van der Waals surface area contributed by atoms with Gasteiger partial charge >= 0.3 is 0 Å². The minimum absolute atomic E-state index is 0.218. The lowest BCUT2D eigenvalue weighted by atomic mass is 9.98. The Morgan fingerprint density at radius 2 is 1.47 bits per heavy atom. The van der Waals surface area contributed by atoms with E-state index in [0.717, 1.165) is 0 Å². The number of nitrogens with one attached hydrogen (secondary N) is 1. The molecule has 0 aliphatic carbocycles. The number of hydrogen-bond acceptors (Lipinski definition) is 3. The van der Waals surface area contributed by atoms with Crippen molar-refractivity contribution >= 4 is 11.7 Å². The summed E-state index contributed by atoms with van der Waals surface area (Å²) < 4.78 is 0. The second kappa shape index (κ2) is 5.93. The summed E-state index contributed by atoms with van der Waals surface area (Å²) in [6.07, 6.45) is 0. The van der Waals surface area contributed by atoms with E-state index in [-0.39, 0.29) is 11.3 Å². The van der Waals surface area contributed by atoms with Crippen molar-refractivity contribution in [3.05, 3.63) is 71.3 Å². The smallest absolute Gasteiger partial charge is 0.253 e. The maximum Gasteiger partial charge on any atom is 0.253 e. The van der Waals surface area contributed by atoms with Crippen LogP contribution in [0.4, 0.5) is 0 Å². The number of amides is 1. The zero-order valence-electron chi connectivity index (χ0n) is 10.2. The summed E-state index contributed by atoms with van der Waals surface area (Å²) in [5.74, 6) is -0.688. The molecule has 0 unspecified atom stereocenters. The fraction of sp³-hybridized carbons (Fsp3) is 0.0667. The summed E-state index contributed by atoms with van der Waals surface area (Å²) in [6, 6.07) is 15.3. The molecule has 96 valence electrons. The van der Waals surface area contributed by atoms with Crippen LogP contribution in [0.3, 0.4) is 0 Å². The van der Waals surface area contributed by atoms with Gasteiger partial charge in [0.15, 0.2) is 5.78 Å². The molecule has 0 heterocycles. The zero-order chi connectivity index (χ0) is 13.7. The Morgan fingerprint density at radius 1 is 0.895 bits per heavy atom. The van der Waals surface area contributed by atoms with Gasteiger partial charge in [-0.05, 0) is 6.07 Å². The number of ketones is 1. The fourth-order valence-electron chi connectivity index (χ4n) is 1.79. The molecule has 0 radical (unpaired) electrons. The molecule has 4 nitrogen and oxygen atoms in total. The SMILES string of the molecule is O=C(NCO)c1ccccc1C(=O)c1ccccc1. The lowest BCUT2D eigenvalue weighted by Crippen LogP contribution is -2.26. The molecule has 0 saturated heterocycles. The van der Waals surface area contributed by atoms with E-state index >= 15 is 0 Å². The van der Waals surface area contributed by atoms with Crippen LogP contribution >= 0.6 is 0 Å². The fourth-order valence-corrected chi connectivity index (χ4v) is 1.79. The van der Waals surface area contributed by atoms with E-state index in [1.807, 2.05) is 6.07 Å². The maximum atomic E-state index is 12.3. The third kappa shape index (κ3) is 2.86. The standard InChI is InChI=1S/C15H13NO3/c17-10-16-15(19)13-9-5-4-8-12(13)14(18)11-6-2-1-3-7-11/h1-9,17H,10H2,(H,16,19). The molecule has 2 aromatic rings. The predicted molar refractivity (Wildman–Crippen MR) is 70.9 cm³/mol. The van der Waals surface area contributed by atoms with Crippen molar-refractivity contribution in [2.24, 2.45) is 0 Å². The van der Waals surface area contributed by atoms with Gasteiger partial charge in [-0.2, -0.15) is 0 Å². The minimum Gasteiger partial charge on any atom is -0.376 e. The Kier molecular flexibility index (Phi) is 4.05. The van der Waals surface area contributed by atoms with Crippen LogP contribution < -0.4 is 5.32 Å². The Balaban J connectivity index is 2.40. The Morgan fingerprint density at radius 3 is 2.11 bits per heavy atom. The van der Waals surface area contributed by atoms with E-state index in [4.69, 9.17) is 5.11 Å². The zero-order valence-corrected chi connectivity index (χ0v) is 10.2. The molecular weight excluding hydrogens is 242 g/mol. The average Bonchev–Trinajstić information content (AvgIpc) is 2.47. The normalized spacial score (nSPS) is 9.95. The van der Waals surface area contributed by atoms with E-state index < -0.39 is 12.6 Å². The first-order valence-corrected chi connectivity index (χ1v) is 5.82. The molecule has 2 aromatic carbocycles. The van der Waals surface area contributed by atoms with Crippen LogP contribution in [-0.4, -0.2) is 23.5 Å². The Bertz CT molecular complexity index is 593. The molecule has 0 saturated carbocycles. The summed E-state index contributed by atoms with van der Waals surface area (Å²) >= 11 is 0. The Hall–Kier alpha value is -2.46. The van der Waals surface area contributed by atoms with Gasteiger partial charge < -0.3 is 10.4 Å². The summed E-state index contributed by atoms with van der Waals surface area (Å²) in [6.45, 7) is -0.466. The summed E-state index contributed by atoms with van der Waals surface area (Å²) in [5, 5.41) is 11.0. The van der Waals surface area contributed by atoms with Gasteiger partial charge in [0.05, 0.1) is 5.56 Å². The van der Waals surface area contributed by atoms with Gasteiger partial charge in [0, 0.05) is 11.1 Å². The quantitative estimate of drug-likeness (QED) is 0.644. The molecule has 19 heavy (non-hydrogen) atoms. The van der Waals surface area contributed by atoms with Gasteiger partial charge in [-0.1, -0.05) is 48.5 Å².